The standard InChI is InChI=1S/C16H12F3IN2O2/c17-16(18,19)13-5-2-6-21-14(13)24-12-8-22(9-12)15(23)10-3-1-4-11(20)7-10/h1-7,12H,8-9H2. The van der Waals surface area contributed by atoms with Crippen molar-refractivity contribution in [3.05, 3.63) is 57.3 Å². The van der Waals surface area contributed by atoms with Crippen LogP contribution in [-0.4, -0.2) is 35.0 Å². The molecule has 1 aliphatic heterocycles. The smallest absolute Gasteiger partial charge is 0.421 e. The number of benzene rings is 1. The van der Waals surface area contributed by atoms with Crippen molar-refractivity contribution in [1.29, 1.82) is 0 Å². The van der Waals surface area contributed by atoms with Gasteiger partial charge < -0.3 is 9.64 Å². The Bertz CT molecular complexity index is 761. The van der Waals surface area contributed by atoms with E-state index in [0.717, 1.165) is 9.64 Å². The normalized spacial score (nSPS) is 15.1. The van der Waals surface area contributed by atoms with Crippen LogP contribution in [0.2, 0.25) is 0 Å². The van der Waals surface area contributed by atoms with E-state index < -0.39 is 23.7 Å². The summed E-state index contributed by atoms with van der Waals surface area (Å²) >= 11 is 2.11. The Hall–Kier alpha value is -1.84. The van der Waals surface area contributed by atoms with E-state index >= 15 is 0 Å². The second-order valence-electron chi connectivity index (χ2n) is 5.31. The molecule has 1 aliphatic rings. The minimum atomic E-state index is -4.52. The van der Waals surface area contributed by atoms with Crippen molar-refractivity contribution in [2.45, 2.75) is 12.3 Å². The molecule has 1 fully saturated rings. The van der Waals surface area contributed by atoms with Gasteiger partial charge >= 0.3 is 6.18 Å². The highest BCUT2D eigenvalue weighted by Gasteiger charge is 2.38. The molecule has 0 bridgehead atoms. The van der Waals surface area contributed by atoms with Crippen molar-refractivity contribution in [1.82, 2.24) is 9.88 Å². The predicted octanol–water partition coefficient (Wildman–Crippen LogP) is 3.61. The number of carbonyl (C=O) groups excluding carboxylic acids is 1. The summed E-state index contributed by atoms with van der Waals surface area (Å²) in [6.45, 7) is 0.469. The lowest BCUT2D eigenvalue weighted by Crippen LogP contribution is -2.56. The van der Waals surface area contributed by atoms with E-state index in [4.69, 9.17) is 4.74 Å². The third-order valence-electron chi connectivity index (χ3n) is 3.56. The first kappa shape index (κ1) is 17.0. The third kappa shape index (κ3) is 3.63. The maximum absolute atomic E-state index is 12.9. The van der Waals surface area contributed by atoms with Gasteiger partial charge in [-0.1, -0.05) is 6.07 Å². The van der Waals surface area contributed by atoms with E-state index in [2.05, 4.69) is 27.6 Å². The van der Waals surface area contributed by atoms with Crippen LogP contribution in [0.5, 0.6) is 5.88 Å². The molecule has 8 heteroatoms. The monoisotopic (exact) mass is 448 g/mol. The van der Waals surface area contributed by atoms with Crippen molar-refractivity contribution in [3.63, 3.8) is 0 Å². The van der Waals surface area contributed by atoms with Gasteiger partial charge in [-0.05, 0) is 52.9 Å². The van der Waals surface area contributed by atoms with Gasteiger partial charge in [0.15, 0.2) is 0 Å². The van der Waals surface area contributed by atoms with Gasteiger partial charge in [-0.15, -0.1) is 0 Å². The Labute approximate surface area is 149 Å². The Morgan fingerprint density at radius 1 is 1.25 bits per heavy atom. The van der Waals surface area contributed by atoms with Crippen molar-refractivity contribution in [3.8, 4) is 5.88 Å². The van der Waals surface area contributed by atoms with E-state index in [1.54, 1.807) is 18.2 Å². The highest BCUT2D eigenvalue weighted by atomic mass is 127. The molecule has 1 saturated heterocycles. The van der Waals surface area contributed by atoms with Gasteiger partial charge in [-0.25, -0.2) is 4.98 Å². The van der Waals surface area contributed by atoms with E-state index in [1.165, 1.54) is 17.2 Å². The summed E-state index contributed by atoms with van der Waals surface area (Å²) in [7, 11) is 0. The molecule has 0 spiro atoms. The second kappa shape index (κ2) is 6.58. The maximum Gasteiger partial charge on any atom is 0.421 e. The molecule has 0 aliphatic carbocycles. The van der Waals surface area contributed by atoms with Crippen molar-refractivity contribution in [2.24, 2.45) is 0 Å². The minimum Gasteiger partial charge on any atom is -0.470 e. The molecule has 2 aromatic rings. The summed E-state index contributed by atoms with van der Waals surface area (Å²) in [6.07, 6.45) is -3.77. The van der Waals surface area contributed by atoms with Crippen molar-refractivity contribution >= 4 is 28.5 Å². The summed E-state index contributed by atoms with van der Waals surface area (Å²) in [5.41, 5.74) is -0.360. The number of likely N-dealkylation sites (tertiary alicyclic amines) is 1. The molecule has 0 N–H and O–H groups in total. The van der Waals surface area contributed by atoms with E-state index in [9.17, 15) is 18.0 Å². The lowest BCUT2D eigenvalue weighted by Gasteiger charge is -2.39. The number of amides is 1. The van der Waals surface area contributed by atoms with Crippen LogP contribution in [0.1, 0.15) is 15.9 Å². The van der Waals surface area contributed by atoms with E-state index in [0.29, 0.717) is 5.56 Å². The highest BCUT2D eigenvalue weighted by Crippen LogP contribution is 2.35. The third-order valence-corrected chi connectivity index (χ3v) is 4.23. The summed E-state index contributed by atoms with van der Waals surface area (Å²) in [6, 6.07) is 9.27. The first-order valence-corrected chi connectivity index (χ1v) is 8.16. The molecular formula is C16H12F3IN2O2. The van der Waals surface area contributed by atoms with E-state index in [-0.39, 0.29) is 19.0 Å². The van der Waals surface area contributed by atoms with Crippen LogP contribution >= 0.6 is 22.6 Å². The molecule has 1 aromatic heterocycles. The molecule has 3 rings (SSSR count). The van der Waals surface area contributed by atoms with E-state index in [1.807, 2.05) is 6.07 Å². The number of nitrogens with zero attached hydrogens (tertiary/aromatic N) is 2. The van der Waals surface area contributed by atoms with Gasteiger partial charge in [-0.2, -0.15) is 13.2 Å². The Kier molecular flexibility index (Phi) is 4.66. The fourth-order valence-corrected chi connectivity index (χ4v) is 2.88. The number of ether oxygens (including phenoxy) is 1. The van der Waals surface area contributed by atoms with Gasteiger partial charge in [0.2, 0.25) is 5.88 Å². The zero-order chi connectivity index (χ0) is 17.3. The Morgan fingerprint density at radius 3 is 2.67 bits per heavy atom. The number of aromatic nitrogens is 1. The Morgan fingerprint density at radius 2 is 2.00 bits per heavy atom. The lowest BCUT2D eigenvalue weighted by atomic mass is 10.1. The van der Waals surface area contributed by atoms with Gasteiger partial charge in [0.05, 0.1) is 13.1 Å². The summed E-state index contributed by atoms with van der Waals surface area (Å²) in [5.74, 6) is -0.609. The molecule has 126 valence electrons. The van der Waals surface area contributed by atoms with Crippen LogP contribution in [0, 0.1) is 3.57 Å². The molecule has 0 atom stereocenters. The first-order chi connectivity index (χ1) is 11.3. The minimum absolute atomic E-state index is 0.162. The highest BCUT2D eigenvalue weighted by molar-refractivity contribution is 14.1. The topological polar surface area (TPSA) is 42.4 Å². The zero-order valence-corrected chi connectivity index (χ0v) is 14.4. The Balaban J connectivity index is 1.63. The molecule has 0 unspecified atom stereocenters. The number of rotatable bonds is 3. The fourth-order valence-electron chi connectivity index (χ4n) is 2.34. The summed E-state index contributed by atoms with van der Waals surface area (Å²) < 4.78 is 45.0. The van der Waals surface area contributed by atoms with Gasteiger partial charge in [-0.3, -0.25) is 4.79 Å². The van der Waals surface area contributed by atoms with Crippen LogP contribution in [0.25, 0.3) is 0 Å². The van der Waals surface area contributed by atoms with Crippen LogP contribution in [0.3, 0.4) is 0 Å². The lowest BCUT2D eigenvalue weighted by molar-refractivity contribution is -0.140. The summed E-state index contributed by atoms with van der Waals surface area (Å²) in [4.78, 5) is 17.5. The summed E-state index contributed by atoms with van der Waals surface area (Å²) in [5, 5.41) is 0. The number of halogens is 4. The molecule has 0 radical (unpaired) electrons. The van der Waals surface area contributed by atoms with Gasteiger partial charge in [0.1, 0.15) is 11.7 Å². The van der Waals surface area contributed by atoms with Crippen molar-refractivity contribution < 1.29 is 22.7 Å². The SMILES string of the molecule is O=C(c1cccc(I)c1)N1CC(Oc2ncccc2C(F)(F)F)C1. The number of pyridine rings is 1. The molecule has 2 heterocycles. The first-order valence-electron chi connectivity index (χ1n) is 7.08. The largest absolute Gasteiger partial charge is 0.470 e. The zero-order valence-electron chi connectivity index (χ0n) is 12.3. The fraction of sp³-hybridized carbons (Fsp3) is 0.250. The average molecular weight is 448 g/mol. The quantitative estimate of drug-likeness (QED) is 0.675. The van der Waals surface area contributed by atoms with Crippen molar-refractivity contribution in [2.75, 3.05) is 13.1 Å². The van der Waals surface area contributed by atoms with Crippen LogP contribution in [-0.2, 0) is 6.18 Å². The molecule has 0 saturated carbocycles. The molecule has 1 amide bonds. The number of alkyl halides is 3. The average Bonchev–Trinajstić information content (AvgIpc) is 2.49. The molecule has 4 nitrogen and oxygen atoms in total. The number of hydrogen-bond donors (Lipinski definition) is 0. The molecular weight excluding hydrogens is 436 g/mol. The van der Waals surface area contributed by atoms with Gasteiger partial charge in [0.25, 0.3) is 5.91 Å². The molecule has 1 aromatic carbocycles. The number of hydrogen-bond acceptors (Lipinski definition) is 3. The van der Waals surface area contributed by atoms with Crippen LogP contribution in [0.15, 0.2) is 42.6 Å². The maximum atomic E-state index is 12.9. The second-order valence-corrected chi connectivity index (χ2v) is 6.56. The molecule has 24 heavy (non-hydrogen) atoms. The van der Waals surface area contributed by atoms with Crippen LogP contribution < -0.4 is 4.74 Å². The van der Waals surface area contributed by atoms with Gasteiger partial charge in [0, 0.05) is 15.3 Å². The predicted molar refractivity (Wildman–Crippen MR) is 88.7 cm³/mol. The van der Waals surface area contributed by atoms with Crippen LogP contribution in [0.4, 0.5) is 13.2 Å². The number of carbonyl (C=O) groups is 1.